The van der Waals surface area contributed by atoms with Crippen LogP contribution in [-0.4, -0.2) is 20.4 Å². The van der Waals surface area contributed by atoms with Gasteiger partial charge in [0.25, 0.3) is 0 Å². The fourth-order valence-corrected chi connectivity index (χ4v) is 4.72. The van der Waals surface area contributed by atoms with E-state index < -0.39 is 10.0 Å². The first-order valence-electron chi connectivity index (χ1n) is 6.14. The molecule has 2 aromatic rings. The Kier molecular flexibility index (Phi) is 4.87. The van der Waals surface area contributed by atoms with Gasteiger partial charge in [0.2, 0.25) is 10.0 Å². The van der Waals surface area contributed by atoms with Crippen LogP contribution < -0.4 is 10.0 Å². The molecule has 0 saturated heterocycles. The van der Waals surface area contributed by atoms with Gasteiger partial charge in [0.1, 0.15) is 4.90 Å². The van der Waals surface area contributed by atoms with Crippen molar-refractivity contribution in [2.45, 2.75) is 24.9 Å². The minimum absolute atomic E-state index is 0.263. The summed E-state index contributed by atoms with van der Waals surface area (Å²) in [4.78, 5) is 5.13. The van der Waals surface area contributed by atoms with E-state index in [9.17, 15) is 8.42 Å². The topological polar surface area (TPSA) is 71.1 Å². The number of hydrogen-bond acceptors (Lipinski definition) is 5. The highest BCUT2D eigenvalue weighted by Gasteiger charge is 2.22. The van der Waals surface area contributed by atoms with Gasteiger partial charge in [-0.2, -0.15) is 0 Å². The van der Waals surface area contributed by atoms with Crippen LogP contribution in [0.25, 0.3) is 0 Å². The molecule has 2 heterocycles. The van der Waals surface area contributed by atoms with Crippen LogP contribution in [0.15, 0.2) is 34.8 Å². The molecule has 0 aliphatic carbocycles. The monoisotopic (exact) mass is 311 g/mol. The molecule has 20 heavy (non-hydrogen) atoms. The molecule has 0 fully saturated rings. The number of rotatable bonds is 6. The summed E-state index contributed by atoms with van der Waals surface area (Å²) in [6.07, 6.45) is 3.29. The molecular weight excluding hydrogens is 294 g/mol. The van der Waals surface area contributed by atoms with Gasteiger partial charge in [-0.25, -0.2) is 13.1 Å². The van der Waals surface area contributed by atoms with Crippen molar-refractivity contribution in [1.82, 2.24) is 15.0 Å². The molecule has 0 spiro atoms. The Morgan fingerprint density at radius 3 is 2.60 bits per heavy atom. The maximum absolute atomic E-state index is 12.4. The molecule has 2 rings (SSSR count). The van der Waals surface area contributed by atoms with Gasteiger partial charge in [-0.15, -0.1) is 11.3 Å². The molecule has 0 atom stereocenters. The molecule has 0 amide bonds. The summed E-state index contributed by atoms with van der Waals surface area (Å²) in [5.74, 6) is 0. The zero-order valence-electron chi connectivity index (χ0n) is 11.4. The van der Waals surface area contributed by atoms with Crippen LogP contribution in [0, 0.1) is 6.92 Å². The number of sulfonamides is 1. The molecule has 2 N–H and O–H groups in total. The number of nitrogens with one attached hydrogen (secondary N) is 2. The Morgan fingerprint density at radius 2 is 1.95 bits per heavy atom. The molecule has 0 aliphatic rings. The van der Waals surface area contributed by atoms with E-state index in [1.807, 2.05) is 12.3 Å². The smallest absolute Gasteiger partial charge is 0.242 e. The molecule has 7 heteroatoms. The Labute approximate surface area is 123 Å². The highest BCUT2D eigenvalue weighted by Crippen LogP contribution is 2.26. The standard InChI is InChI=1S/C13H17N3O2S2/c1-10-9-19-12(8-14-2)13(10)20(17,18)16-7-11-3-5-15-6-4-11/h3-6,9,14,16H,7-8H2,1-2H3. The van der Waals surface area contributed by atoms with E-state index in [2.05, 4.69) is 15.0 Å². The first-order valence-corrected chi connectivity index (χ1v) is 8.51. The van der Waals surface area contributed by atoms with Crippen LogP contribution in [0.3, 0.4) is 0 Å². The third kappa shape index (κ3) is 3.43. The highest BCUT2D eigenvalue weighted by molar-refractivity contribution is 7.89. The minimum Gasteiger partial charge on any atom is -0.315 e. The van der Waals surface area contributed by atoms with Crippen molar-refractivity contribution < 1.29 is 8.42 Å². The van der Waals surface area contributed by atoms with E-state index >= 15 is 0 Å². The number of thiophene rings is 1. The van der Waals surface area contributed by atoms with E-state index in [0.717, 1.165) is 16.0 Å². The average Bonchev–Trinajstić information content (AvgIpc) is 2.80. The first kappa shape index (κ1) is 15.1. The summed E-state index contributed by atoms with van der Waals surface area (Å²) < 4.78 is 27.5. The van der Waals surface area contributed by atoms with Crippen molar-refractivity contribution in [2.75, 3.05) is 7.05 Å². The molecule has 0 saturated carbocycles. The van der Waals surface area contributed by atoms with Gasteiger partial charge >= 0.3 is 0 Å². The third-order valence-corrected chi connectivity index (χ3v) is 5.67. The van der Waals surface area contributed by atoms with Crippen LogP contribution >= 0.6 is 11.3 Å². The summed E-state index contributed by atoms with van der Waals surface area (Å²) in [7, 11) is -1.70. The lowest BCUT2D eigenvalue weighted by molar-refractivity contribution is 0.579. The molecular formula is C13H17N3O2S2. The molecule has 0 unspecified atom stereocenters. The molecule has 0 aromatic carbocycles. The lowest BCUT2D eigenvalue weighted by Gasteiger charge is -2.09. The lowest BCUT2D eigenvalue weighted by Crippen LogP contribution is -2.25. The van der Waals surface area contributed by atoms with Gasteiger partial charge in [0, 0.05) is 30.4 Å². The average molecular weight is 311 g/mol. The zero-order valence-corrected chi connectivity index (χ0v) is 13.0. The lowest BCUT2D eigenvalue weighted by atomic mass is 10.3. The Bertz CT molecular complexity index is 666. The summed E-state index contributed by atoms with van der Waals surface area (Å²) in [6, 6.07) is 3.58. The van der Waals surface area contributed by atoms with Crippen LogP contribution in [0.5, 0.6) is 0 Å². The first-order chi connectivity index (χ1) is 9.54. The van der Waals surface area contributed by atoms with Gasteiger partial charge in [0.15, 0.2) is 0 Å². The summed E-state index contributed by atoms with van der Waals surface area (Å²) in [5.41, 5.74) is 1.66. The third-order valence-electron chi connectivity index (χ3n) is 2.81. The fourth-order valence-electron chi connectivity index (χ4n) is 1.88. The second kappa shape index (κ2) is 6.45. The Balaban J connectivity index is 2.20. The number of aryl methyl sites for hydroxylation is 1. The maximum Gasteiger partial charge on any atom is 0.242 e. The van der Waals surface area contributed by atoms with Gasteiger partial charge in [0.05, 0.1) is 0 Å². The van der Waals surface area contributed by atoms with Crippen molar-refractivity contribution in [3.63, 3.8) is 0 Å². The van der Waals surface area contributed by atoms with Gasteiger partial charge in [-0.05, 0) is 42.6 Å². The van der Waals surface area contributed by atoms with E-state index in [1.165, 1.54) is 11.3 Å². The van der Waals surface area contributed by atoms with Gasteiger partial charge < -0.3 is 5.32 Å². The maximum atomic E-state index is 12.4. The van der Waals surface area contributed by atoms with Crippen molar-refractivity contribution in [2.24, 2.45) is 0 Å². The molecule has 108 valence electrons. The number of nitrogens with zero attached hydrogens (tertiary/aromatic N) is 1. The van der Waals surface area contributed by atoms with E-state index in [0.29, 0.717) is 11.4 Å². The molecule has 0 aliphatic heterocycles. The van der Waals surface area contributed by atoms with Crippen LogP contribution in [0.1, 0.15) is 16.0 Å². The summed E-state index contributed by atoms with van der Waals surface area (Å²) in [5, 5.41) is 4.86. The van der Waals surface area contributed by atoms with Crippen molar-refractivity contribution in [3.05, 3.63) is 45.9 Å². The van der Waals surface area contributed by atoms with Crippen molar-refractivity contribution in [3.8, 4) is 0 Å². The van der Waals surface area contributed by atoms with Gasteiger partial charge in [-0.1, -0.05) is 0 Å². The van der Waals surface area contributed by atoms with Crippen LogP contribution in [0.2, 0.25) is 0 Å². The second-order valence-corrected chi connectivity index (χ2v) is 7.05. The minimum atomic E-state index is -3.50. The second-order valence-electron chi connectivity index (χ2n) is 4.38. The van der Waals surface area contributed by atoms with E-state index in [1.54, 1.807) is 31.6 Å². The predicted octanol–water partition coefficient (Wildman–Crippen LogP) is 1.65. The van der Waals surface area contributed by atoms with Crippen LogP contribution in [-0.2, 0) is 23.1 Å². The van der Waals surface area contributed by atoms with Gasteiger partial charge in [-0.3, -0.25) is 4.98 Å². The molecule has 5 nitrogen and oxygen atoms in total. The van der Waals surface area contributed by atoms with Crippen molar-refractivity contribution >= 4 is 21.4 Å². The summed E-state index contributed by atoms with van der Waals surface area (Å²) in [6.45, 7) is 2.62. The van der Waals surface area contributed by atoms with Crippen LogP contribution in [0.4, 0.5) is 0 Å². The molecule has 0 radical (unpaired) electrons. The molecule has 0 bridgehead atoms. The fraction of sp³-hybridized carbons (Fsp3) is 0.308. The number of aromatic nitrogens is 1. The van der Waals surface area contributed by atoms with E-state index in [-0.39, 0.29) is 6.54 Å². The number of hydrogen-bond donors (Lipinski definition) is 2. The number of pyridine rings is 1. The SMILES string of the molecule is CNCc1scc(C)c1S(=O)(=O)NCc1ccncc1. The highest BCUT2D eigenvalue weighted by atomic mass is 32.2. The predicted molar refractivity (Wildman–Crippen MR) is 80.1 cm³/mol. The Hall–Kier alpha value is -1.28. The Morgan fingerprint density at radius 1 is 1.25 bits per heavy atom. The zero-order chi connectivity index (χ0) is 14.6. The quantitative estimate of drug-likeness (QED) is 0.851. The normalized spacial score (nSPS) is 11.7. The molecule has 2 aromatic heterocycles. The largest absolute Gasteiger partial charge is 0.315 e. The van der Waals surface area contributed by atoms with Crippen molar-refractivity contribution in [1.29, 1.82) is 0 Å². The van der Waals surface area contributed by atoms with E-state index in [4.69, 9.17) is 0 Å². The summed E-state index contributed by atoms with van der Waals surface area (Å²) >= 11 is 1.46.